The van der Waals surface area contributed by atoms with Crippen LogP contribution in [0.1, 0.15) is 72.6 Å². The second-order valence-corrected chi connectivity index (χ2v) is 7.21. The van der Waals surface area contributed by atoms with Crippen molar-refractivity contribution in [1.82, 2.24) is 4.90 Å². The summed E-state index contributed by atoms with van der Waals surface area (Å²) in [6.07, 6.45) is 9.47. The predicted molar refractivity (Wildman–Crippen MR) is 85.4 cm³/mol. The molecule has 2 atom stereocenters. The third-order valence-corrected chi connectivity index (χ3v) is 5.01. The lowest BCUT2D eigenvalue weighted by Gasteiger charge is -2.41. The molecule has 0 aromatic heterocycles. The van der Waals surface area contributed by atoms with Crippen LogP contribution in [0, 0.1) is 11.8 Å². The molecule has 1 rings (SSSR count). The molecule has 2 N–H and O–H groups in total. The van der Waals surface area contributed by atoms with Gasteiger partial charge in [-0.15, -0.1) is 0 Å². The molecule has 0 amide bonds. The summed E-state index contributed by atoms with van der Waals surface area (Å²) in [5, 5.41) is 0. The Morgan fingerprint density at radius 2 is 2.00 bits per heavy atom. The van der Waals surface area contributed by atoms with Gasteiger partial charge in [-0.1, -0.05) is 33.6 Å². The Labute approximate surface area is 121 Å². The predicted octanol–water partition coefficient (Wildman–Crippen LogP) is 4.04. The minimum Gasteiger partial charge on any atom is -0.329 e. The average molecular weight is 268 g/mol. The molecule has 0 aromatic carbocycles. The van der Waals surface area contributed by atoms with E-state index in [1.807, 2.05) is 0 Å². The van der Waals surface area contributed by atoms with Crippen LogP contribution in [0.15, 0.2) is 0 Å². The molecule has 1 aliphatic rings. The quantitative estimate of drug-likeness (QED) is 0.755. The maximum Gasteiger partial charge on any atom is 0.0303 e. The van der Waals surface area contributed by atoms with E-state index in [1.54, 1.807) is 0 Å². The Morgan fingerprint density at radius 1 is 1.26 bits per heavy atom. The first-order chi connectivity index (χ1) is 9.01. The summed E-state index contributed by atoms with van der Waals surface area (Å²) >= 11 is 0. The van der Waals surface area contributed by atoms with Crippen LogP contribution in [0.25, 0.3) is 0 Å². The van der Waals surface area contributed by atoms with Gasteiger partial charge in [-0.3, -0.25) is 4.90 Å². The molecular formula is C17H36N2. The van der Waals surface area contributed by atoms with Crippen LogP contribution >= 0.6 is 0 Å². The standard InChI is InChI=1S/C17H36N2/c1-5-7-16-8-6-12-19(13-10-16)17(4,14-18)11-9-15(2)3/h15-16H,5-14,18H2,1-4H3. The van der Waals surface area contributed by atoms with Crippen LogP contribution in [-0.2, 0) is 0 Å². The number of likely N-dealkylation sites (tertiary alicyclic amines) is 1. The van der Waals surface area contributed by atoms with E-state index in [4.69, 9.17) is 5.73 Å². The van der Waals surface area contributed by atoms with E-state index in [9.17, 15) is 0 Å². The second kappa shape index (κ2) is 8.26. The molecule has 1 fully saturated rings. The molecule has 2 heteroatoms. The van der Waals surface area contributed by atoms with Gasteiger partial charge in [-0.05, 0) is 64.0 Å². The monoisotopic (exact) mass is 268 g/mol. The van der Waals surface area contributed by atoms with Crippen LogP contribution in [0.2, 0.25) is 0 Å². The highest BCUT2D eigenvalue weighted by Crippen LogP contribution is 2.29. The molecule has 0 saturated carbocycles. The Bertz CT molecular complexity index is 239. The zero-order valence-corrected chi connectivity index (χ0v) is 13.8. The van der Waals surface area contributed by atoms with Crippen molar-refractivity contribution in [2.45, 2.75) is 78.2 Å². The highest BCUT2D eigenvalue weighted by atomic mass is 15.2. The summed E-state index contributed by atoms with van der Waals surface area (Å²) in [4.78, 5) is 2.70. The van der Waals surface area contributed by atoms with E-state index in [2.05, 4.69) is 32.6 Å². The summed E-state index contributed by atoms with van der Waals surface area (Å²) in [5.41, 5.74) is 6.35. The van der Waals surface area contributed by atoms with Crippen molar-refractivity contribution in [3.63, 3.8) is 0 Å². The third kappa shape index (κ3) is 5.43. The van der Waals surface area contributed by atoms with Gasteiger partial charge in [0.05, 0.1) is 0 Å². The fraction of sp³-hybridized carbons (Fsp3) is 1.00. The molecule has 2 nitrogen and oxygen atoms in total. The number of hydrogen-bond donors (Lipinski definition) is 1. The molecule has 1 heterocycles. The molecule has 0 aromatic rings. The minimum atomic E-state index is 0.228. The number of hydrogen-bond acceptors (Lipinski definition) is 2. The lowest BCUT2D eigenvalue weighted by atomic mass is 9.89. The van der Waals surface area contributed by atoms with Crippen molar-refractivity contribution in [1.29, 1.82) is 0 Å². The van der Waals surface area contributed by atoms with Crippen LogP contribution in [-0.4, -0.2) is 30.1 Å². The van der Waals surface area contributed by atoms with Crippen molar-refractivity contribution in [3.05, 3.63) is 0 Å². The van der Waals surface area contributed by atoms with Crippen LogP contribution < -0.4 is 5.73 Å². The minimum absolute atomic E-state index is 0.228. The molecule has 0 bridgehead atoms. The first kappa shape index (κ1) is 17.0. The number of rotatable bonds is 7. The van der Waals surface area contributed by atoms with Crippen LogP contribution in [0.4, 0.5) is 0 Å². The van der Waals surface area contributed by atoms with Gasteiger partial charge in [-0.2, -0.15) is 0 Å². The maximum atomic E-state index is 6.13. The Balaban J connectivity index is 2.55. The number of nitrogens with zero attached hydrogens (tertiary/aromatic N) is 1. The van der Waals surface area contributed by atoms with E-state index in [0.29, 0.717) is 0 Å². The third-order valence-electron chi connectivity index (χ3n) is 5.01. The fourth-order valence-corrected chi connectivity index (χ4v) is 3.39. The van der Waals surface area contributed by atoms with Gasteiger partial charge < -0.3 is 5.73 Å². The van der Waals surface area contributed by atoms with Crippen molar-refractivity contribution in [3.8, 4) is 0 Å². The lowest BCUT2D eigenvalue weighted by Crippen LogP contribution is -2.52. The molecule has 1 aliphatic heterocycles. The first-order valence-electron chi connectivity index (χ1n) is 8.47. The normalized spacial score (nSPS) is 25.3. The smallest absolute Gasteiger partial charge is 0.0303 e. The second-order valence-electron chi connectivity index (χ2n) is 7.21. The summed E-state index contributed by atoms with van der Waals surface area (Å²) in [6.45, 7) is 12.7. The van der Waals surface area contributed by atoms with E-state index in [-0.39, 0.29) is 5.54 Å². The zero-order chi connectivity index (χ0) is 14.3. The zero-order valence-electron chi connectivity index (χ0n) is 13.8. The molecule has 2 unspecified atom stereocenters. The molecular weight excluding hydrogens is 232 g/mol. The summed E-state index contributed by atoms with van der Waals surface area (Å²) < 4.78 is 0. The summed E-state index contributed by atoms with van der Waals surface area (Å²) in [6, 6.07) is 0. The molecule has 0 spiro atoms. The largest absolute Gasteiger partial charge is 0.329 e. The van der Waals surface area contributed by atoms with E-state index >= 15 is 0 Å². The van der Waals surface area contributed by atoms with Crippen LogP contribution in [0.3, 0.4) is 0 Å². The van der Waals surface area contributed by atoms with E-state index in [1.165, 1.54) is 58.0 Å². The molecule has 0 aliphatic carbocycles. The van der Waals surface area contributed by atoms with Crippen LogP contribution in [0.5, 0.6) is 0 Å². The SMILES string of the molecule is CCCC1CCCN(C(C)(CN)CCC(C)C)CC1. The topological polar surface area (TPSA) is 29.3 Å². The summed E-state index contributed by atoms with van der Waals surface area (Å²) in [5.74, 6) is 1.74. The Morgan fingerprint density at radius 3 is 2.58 bits per heavy atom. The molecule has 1 saturated heterocycles. The molecule has 0 radical (unpaired) electrons. The van der Waals surface area contributed by atoms with Gasteiger partial charge in [0.1, 0.15) is 0 Å². The molecule has 114 valence electrons. The maximum absolute atomic E-state index is 6.13. The van der Waals surface area contributed by atoms with Gasteiger partial charge in [0.25, 0.3) is 0 Å². The van der Waals surface area contributed by atoms with Gasteiger partial charge in [0.15, 0.2) is 0 Å². The van der Waals surface area contributed by atoms with Gasteiger partial charge >= 0.3 is 0 Å². The fourth-order valence-electron chi connectivity index (χ4n) is 3.39. The van der Waals surface area contributed by atoms with Gasteiger partial charge in [0, 0.05) is 12.1 Å². The lowest BCUT2D eigenvalue weighted by molar-refractivity contribution is 0.0982. The van der Waals surface area contributed by atoms with Gasteiger partial charge in [-0.25, -0.2) is 0 Å². The van der Waals surface area contributed by atoms with Crippen molar-refractivity contribution < 1.29 is 0 Å². The van der Waals surface area contributed by atoms with Gasteiger partial charge in [0.2, 0.25) is 0 Å². The van der Waals surface area contributed by atoms with E-state index < -0.39 is 0 Å². The highest BCUT2D eigenvalue weighted by molar-refractivity contribution is 4.89. The van der Waals surface area contributed by atoms with Crippen molar-refractivity contribution >= 4 is 0 Å². The van der Waals surface area contributed by atoms with E-state index in [0.717, 1.165) is 18.4 Å². The highest BCUT2D eigenvalue weighted by Gasteiger charge is 2.31. The number of nitrogens with two attached hydrogens (primary N) is 1. The first-order valence-corrected chi connectivity index (χ1v) is 8.47. The Kier molecular flexibility index (Phi) is 7.38. The average Bonchev–Trinajstić information content (AvgIpc) is 2.62. The van der Waals surface area contributed by atoms with Crippen molar-refractivity contribution in [2.75, 3.05) is 19.6 Å². The Hall–Kier alpha value is -0.0800. The molecule has 19 heavy (non-hydrogen) atoms. The summed E-state index contributed by atoms with van der Waals surface area (Å²) in [7, 11) is 0. The van der Waals surface area contributed by atoms with Crippen molar-refractivity contribution in [2.24, 2.45) is 17.6 Å².